The molecular formula is C17H26O6. The number of carbonyl (C=O) groups is 5. The molecule has 0 aliphatic heterocycles. The number of esters is 1. The van der Waals surface area contributed by atoms with E-state index in [2.05, 4.69) is 0 Å². The van der Waals surface area contributed by atoms with Gasteiger partial charge in [0.15, 0.2) is 11.6 Å². The Morgan fingerprint density at radius 3 is 2.00 bits per heavy atom. The molecule has 0 saturated carbocycles. The van der Waals surface area contributed by atoms with Gasteiger partial charge in [-0.1, -0.05) is 13.8 Å². The second-order valence-corrected chi connectivity index (χ2v) is 5.80. The molecule has 130 valence electrons. The number of rotatable bonds is 12. The number of carbonyl (C=O) groups excluding carboxylic acids is 5. The average molecular weight is 326 g/mol. The normalized spacial score (nSPS) is 13.0. The van der Waals surface area contributed by atoms with E-state index in [1.807, 2.05) is 0 Å². The van der Waals surface area contributed by atoms with E-state index in [0.29, 0.717) is 12.8 Å². The minimum absolute atomic E-state index is 0.00528. The lowest BCUT2D eigenvalue weighted by Gasteiger charge is -2.17. The zero-order valence-corrected chi connectivity index (χ0v) is 14.3. The highest BCUT2D eigenvalue weighted by molar-refractivity contribution is 6.36. The fourth-order valence-electron chi connectivity index (χ4n) is 1.98. The maximum absolute atomic E-state index is 12.0. The molecular weight excluding hydrogens is 300 g/mol. The zero-order valence-electron chi connectivity index (χ0n) is 14.3. The maximum atomic E-state index is 12.0. The van der Waals surface area contributed by atoms with Crippen molar-refractivity contribution in [1.29, 1.82) is 0 Å². The van der Waals surface area contributed by atoms with Crippen molar-refractivity contribution < 1.29 is 28.7 Å². The van der Waals surface area contributed by atoms with Crippen molar-refractivity contribution in [3.63, 3.8) is 0 Å². The number of hydrogen-bond acceptors (Lipinski definition) is 6. The fraction of sp³-hybridized carbons (Fsp3) is 0.706. The molecule has 0 saturated heterocycles. The standard InChI is InChI=1S/C17H26O6/c1-5-17(22)23-14(7-6-12(3)18)8-9-15(20)11(2)10-16(21)13(4)19/h11,14H,5-10H2,1-4H3. The molecule has 0 bridgehead atoms. The Labute approximate surface area is 136 Å². The minimum Gasteiger partial charge on any atom is -0.462 e. The molecule has 2 atom stereocenters. The minimum atomic E-state index is -0.559. The van der Waals surface area contributed by atoms with Gasteiger partial charge in [-0.15, -0.1) is 0 Å². The van der Waals surface area contributed by atoms with Gasteiger partial charge in [-0.25, -0.2) is 0 Å². The van der Waals surface area contributed by atoms with E-state index >= 15 is 0 Å². The predicted octanol–water partition coefficient (Wildman–Crippen LogP) is 2.21. The summed E-state index contributed by atoms with van der Waals surface area (Å²) in [5.74, 6) is -2.18. The van der Waals surface area contributed by atoms with Crippen LogP contribution >= 0.6 is 0 Å². The third-order valence-electron chi connectivity index (χ3n) is 3.55. The molecule has 0 aromatic heterocycles. The van der Waals surface area contributed by atoms with Gasteiger partial charge < -0.3 is 9.53 Å². The summed E-state index contributed by atoms with van der Waals surface area (Å²) >= 11 is 0. The second kappa shape index (κ2) is 10.8. The van der Waals surface area contributed by atoms with Crippen LogP contribution in [0, 0.1) is 5.92 Å². The van der Waals surface area contributed by atoms with Crippen LogP contribution in [-0.4, -0.2) is 35.2 Å². The van der Waals surface area contributed by atoms with Gasteiger partial charge in [0.2, 0.25) is 0 Å². The third-order valence-corrected chi connectivity index (χ3v) is 3.55. The Kier molecular flexibility index (Phi) is 9.94. The first-order chi connectivity index (χ1) is 10.7. The van der Waals surface area contributed by atoms with Gasteiger partial charge in [-0.05, 0) is 19.8 Å². The second-order valence-electron chi connectivity index (χ2n) is 5.80. The average Bonchev–Trinajstić information content (AvgIpc) is 2.48. The number of ether oxygens (including phenoxy) is 1. The summed E-state index contributed by atoms with van der Waals surface area (Å²) in [5.41, 5.74) is 0. The lowest BCUT2D eigenvalue weighted by atomic mass is 9.94. The summed E-state index contributed by atoms with van der Waals surface area (Å²) in [6.45, 7) is 5.91. The summed E-state index contributed by atoms with van der Waals surface area (Å²) in [7, 11) is 0. The largest absolute Gasteiger partial charge is 0.462 e. The molecule has 0 aliphatic carbocycles. The van der Waals surface area contributed by atoms with Gasteiger partial charge in [-0.3, -0.25) is 19.2 Å². The summed E-state index contributed by atoms with van der Waals surface area (Å²) < 4.78 is 5.24. The zero-order chi connectivity index (χ0) is 18.0. The van der Waals surface area contributed by atoms with Crippen molar-refractivity contribution in [2.75, 3.05) is 0 Å². The highest BCUT2D eigenvalue weighted by atomic mass is 16.5. The number of Topliss-reactive ketones (excluding diaryl/α,β-unsaturated/α-hetero) is 4. The number of ketones is 4. The van der Waals surface area contributed by atoms with Crippen LogP contribution in [0.5, 0.6) is 0 Å². The highest BCUT2D eigenvalue weighted by Gasteiger charge is 2.22. The van der Waals surface area contributed by atoms with E-state index in [9.17, 15) is 24.0 Å². The van der Waals surface area contributed by atoms with Gasteiger partial charge in [-0.2, -0.15) is 0 Å². The van der Waals surface area contributed by atoms with E-state index in [0.717, 1.165) is 0 Å². The van der Waals surface area contributed by atoms with Crippen LogP contribution in [-0.2, 0) is 28.7 Å². The first-order valence-electron chi connectivity index (χ1n) is 7.92. The lowest BCUT2D eigenvalue weighted by molar-refractivity contribution is -0.150. The summed E-state index contributed by atoms with van der Waals surface area (Å²) in [5, 5.41) is 0. The highest BCUT2D eigenvalue weighted by Crippen LogP contribution is 2.15. The molecule has 6 nitrogen and oxygen atoms in total. The van der Waals surface area contributed by atoms with Gasteiger partial charge in [0.05, 0.1) is 0 Å². The fourth-order valence-corrected chi connectivity index (χ4v) is 1.98. The van der Waals surface area contributed by atoms with Crippen molar-refractivity contribution in [2.24, 2.45) is 5.92 Å². The molecule has 0 rings (SSSR count). The molecule has 0 aliphatic rings. The molecule has 0 spiro atoms. The van der Waals surface area contributed by atoms with Gasteiger partial charge in [0, 0.05) is 38.5 Å². The summed E-state index contributed by atoms with van der Waals surface area (Å²) in [6.07, 6.45) is 0.784. The van der Waals surface area contributed by atoms with Gasteiger partial charge >= 0.3 is 5.97 Å². The van der Waals surface area contributed by atoms with Crippen LogP contribution in [0.15, 0.2) is 0 Å². The quantitative estimate of drug-likeness (QED) is 0.403. The van der Waals surface area contributed by atoms with Gasteiger partial charge in [0.1, 0.15) is 17.7 Å². The summed E-state index contributed by atoms with van der Waals surface area (Å²) in [6, 6.07) is 0. The Morgan fingerprint density at radius 2 is 1.52 bits per heavy atom. The predicted molar refractivity (Wildman–Crippen MR) is 83.8 cm³/mol. The Balaban J connectivity index is 4.48. The van der Waals surface area contributed by atoms with Crippen LogP contribution in [0.1, 0.15) is 66.2 Å². The van der Waals surface area contributed by atoms with Crippen molar-refractivity contribution >= 4 is 29.1 Å². The molecule has 0 heterocycles. The van der Waals surface area contributed by atoms with Crippen molar-refractivity contribution in [2.45, 2.75) is 72.3 Å². The topological polar surface area (TPSA) is 94.6 Å². The van der Waals surface area contributed by atoms with Crippen molar-refractivity contribution in [3.05, 3.63) is 0 Å². The van der Waals surface area contributed by atoms with Crippen LogP contribution in [0.2, 0.25) is 0 Å². The molecule has 0 fully saturated rings. The Hall–Kier alpha value is -1.85. The lowest BCUT2D eigenvalue weighted by Crippen LogP contribution is -2.23. The molecule has 0 radical (unpaired) electrons. The van der Waals surface area contributed by atoms with Crippen LogP contribution in [0.25, 0.3) is 0 Å². The first kappa shape index (κ1) is 21.1. The van der Waals surface area contributed by atoms with E-state index in [-0.39, 0.29) is 43.2 Å². The van der Waals surface area contributed by atoms with Crippen LogP contribution in [0.4, 0.5) is 0 Å². The van der Waals surface area contributed by atoms with Crippen LogP contribution < -0.4 is 0 Å². The first-order valence-corrected chi connectivity index (χ1v) is 7.92. The summed E-state index contributed by atoms with van der Waals surface area (Å²) in [4.78, 5) is 56.7. The van der Waals surface area contributed by atoms with Crippen molar-refractivity contribution in [1.82, 2.24) is 0 Å². The van der Waals surface area contributed by atoms with Crippen LogP contribution in [0.3, 0.4) is 0 Å². The van der Waals surface area contributed by atoms with E-state index in [4.69, 9.17) is 4.74 Å². The molecule has 0 amide bonds. The molecule has 0 aromatic carbocycles. The SMILES string of the molecule is CCC(=O)OC(CCC(C)=O)CCC(=O)C(C)CC(=O)C(C)=O. The van der Waals surface area contributed by atoms with E-state index < -0.39 is 23.6 Å². The third kappa shape index (κ3) is 9.71. The molecule has 6 heteroatoms. The molecule has 0 N–H and O–H groups in total. The van der Waals surface area contributed by atoms with E-state index in [1.54, 1.807) is 13.8 Å². The smallest absolute Gasteiger partial charge is 0.305 e. The van der Waals surface area contributed by atoms with Gasteiger partial charge in [0.25, 0.3) is 0 Å². The number of hydrogen-bond donors (Lipinski definition) is 0. The monoisotopic (exact) mass is 326 g/mol. The molecule has 0 aromatic rings. The Bertz CT molecular complexity index is 466. The maximum Gasteiger partial charge on any atom is 0.305 e. The van der Waals surface area contributed by atoms with E-state index in [1.165, 1.54) is 13.8 Å². The Morgan fingerprint density at radius 1 is 0.957 bits per heavy atom. The van der Waals surface area contributed by atoms with Crippen molar-refractivity contribution in [3.8, 4) is 0 Å². The molecule has 2 unspecified atom stereocenters. The molecule has 23 heavy (non-hydrogen) atoms.